The zero-order valence-corrected chi connectivity index (χ0v) is 18.4. The number of benzene rings is 1. The number of thiocarbonyl (C=S) groups is 1. The van der Waals surface area contributed by atoms with Gasteiger partial charge < -0.3 is 10.6 Å². The molecule has 3 rings (SSSR count). The highest BCUT2D eigenvalue weighted by Gasteiger charge is 2.15. The second kappa shape index (κ2) is 9.56. The van der Waals surface area contributed by atoms with Crippen molar-refractivity contribution in [1.82, 2.24) is 24.9 Å². The van der Waals surface area contributed by atoms with Crippen LogP contribution < -0.4 is 10.6 Å². The van der Waals surface area contributed by atoms with Crippen LogP contribution in [0.3, 0.4) is 0 Å². The molecule has 10 heteroatoms. The normalized spacial score (nSPS) is 10.9. The fraction of sp³-hybridized carbons (Fsp3) is 0.316. The average molecular weight is 455 g/mol. The maximum atomic E-state index is 14.1. The monoisotopic (exact) mass is 454 g/mol. The van der Waals surface area contributed by atoms with Crippen molar-refractivity contribution < 1.29 is 4.39 Å². The molecule has 0 amide bonds. The maximum absolute atomic E-state index is 14.1. The third-order valence-corrected chi connectivity index (χ3v) is 5.24. The van der Waals surface area contributed by atoms with Gasteiger partial charge in [-0.3, -0.25) is 9.36 Å². The van der Waals surface area contributed by atoms with Crippen LogP contribution in [0.5, 0.6) is 0 Å². The summed E-state index contributed by atoms with van der Waals surface area (Å²) in [6.45, 7) is 5.44. The second-order valence-electron chi connectivity index (χ2n) is 6.56. The van der Waals surface area contributed by atoms with Gasteiger partial charge in [0.05, 0.1) is 34.8 Å². The van der Waals surface area contributed by atoms with Crippen molar-refractivity contribution in [3.8, 4) is 0 Å². The summed E-state index contributed by atoms with van der Waals surface area (Å²) in [5.41, 5.74) is 2.82. The lowest BCUT2D eigenvalue weighted by molar-refractivity contribution is 0.574. The van der Waals surface area contributed by atoms with E-state index in [1.807, 2.05) is 13.8 Å². The van der Waals surface area contributed by atoms with Crippen LogP contribution >= 0.6 is 35.4 Å². The fourth-order valence-corrected chi connectivity index (χ4v) is 3.51. The lowest BCUT2D eigenvalue weighted by atomic mass is 10.2. The van der Waals surface area contributed by atoms with Crippen LogP contribution in [0.1, 0.15) is 23.4 Å². The van der Waals surface area contributed by atoms with Gasteiger partial charge in [0.25, 0.3) is 0 Å². The van der Waals surface area contributed by atoms with E-state index >= 15 is 0 Å². The third kappa shape index (κ3) is 5.46. The minimum atomic E-state index is -0.352. The molecule has 0 aliphatic carbocycles. The number of aryl methyl sites for hydroxylation is 2. The highest BCUT2D eigenvalue weighted by atomic mass is 35.5. The van der Waals surface area contributed by atoms with Crippen LogP contribution in [-0.4, -0.2) is 31.2 Å². The summed E-state index contributed by atoms with van der Waals surface area (Å²) < 4.78 is 17.6. The number of hydrogen-bond donors (Lipinski definition) is 2. The van der Waals surface area contributed by atoms with Gasteiger partial charge in [-0.15, -0.1) is 0 Å². The summed E-state index contributed by atoms with van der Waals surface area (Å²) >= 11 is 17.4. The molecule has 2 heterocycles. The van der Waals surface area contributed by atoms with Crippen molar-refractivity contribution in [3.63, 3.8) is 0 Å². The molecule has 154 valence electrons. The lowest BCUT2D eigenvalue weighted by Gasteiger charge is -2.12. The zero-order valence-electron chi connectivity index (χ0n) is 16.0. The number of hydrogen-bond acceptors (Lipinski definition) is 3. The Morgan fingerprint density at radius 3 is 2.76 bits per heavy atom. The first-order chi connectivity index (χ1) is 13.8. The molecule has 0 fully saturated rings. The third-order valence-electron chi connectivity index (χ3n) is 4.44. The van der Waals surface area contributed by atoms with Gasteiger partial charge in [0.2, 0.25) is 0 Å². The van der Waals surface area contributed by atoms with Gasteiger partial charge in [-0.2, -0.15) is 10.2 Å². The van der Waals surface area contributed by atoms with E-state index in [2.05, 4.69) is 20.8 Å². The van der Waals surface area contributed by atoms with Crippen molar-refractivity contribution in [1.29, 1.82) is 0 Å². The zero-order chi connectivity index (χ0) is 21.0. The van der Waals surface area contributed by atoms with Crippen LogP contribution in [0.25, 0.3) is 0 Å². The van der Waals surface area contributed by atoms with Gasteiger partial charge in [-0.05, 0) is 44.6 Å². The highest BCUT2D eigenvalue weighted by molar-refractivity contribution is 7.80. The van der Waals surface area contributed by atoms with Crippen molar-refractivity contribution in [2.45, 2.75) is 33.4 Å². The Labute approximate surface area is 184 Å². The Morgan fingerprint density at radius 2 is 2.07 bits per heavy atom. The van der Waals surface area contributed by atoms with Gasteiger partial charge in [-0.25, -0.2) is 4.39 Å². The van der Waals surface area contributed by atoms with E-state index < -0.39 is 0 Å². The molecule has 0 atom stereocenters. The minimum Gasteiger partial charge on any atom is -0.362 e. The summed E-state index contributed by atoms with van der Waals surface area (Å²) in [5, 5.41) is 16.5. The molecule has 0 bridgehead atoms. The number of aromatic nitrogens is 4. The Kier molecular flexibility index (Phi) is 7.10. The van der Waals surface area contributed by atoms with Crippen LogP contribution in [-0.2, 0) is 13.1 Å². The molecule has 29 heavy (non-hydrogen) atoms. The van der Waals surface area contributed by atoms with E-state index in [1.54, 1.807) is 33.9 Å². The predicted octanol–water partition coefficient (Wildman–Crippen LogP) is 4.57. The summed E-state index contributed by atoms with van der Waals surface area (Å²) in [4.78, 5) is 0. The molecule has 0 unspecified atom stereocenters. The first-order valence-corrected chi connectivity index (χ1v) is 10.2. The van der Waals surface area contributed by atoms with E-state index in [9.17, 15) is 4.39 Å². The lowest BCUT2D eigenvalue weighted by Crippen LogP contribution is -2.30. The fourth-order valence-electron chi connectivity index (χ4n) is 2.93. The van der Waals surface area contributed by atoms with E-state index in [0.717, 1.165) is 30.0 Å². The predicted molar refractivity (Wildman–Crippen MR) is 118 cm³/mol. The van der Waals surface area contributed by atoms with Gasteiger partial charge in [0, 0.05) is 29.9 Å². The number of anilines is 1. The Morgan fingerprint density at radius 1 is 1.28 bits per heavy atom. The largest absolute Gasteiger partial charge is 0.362 e. The molecule has 1 aromatic carbocycles. The van der Waals surface area contributed by atoms with E-state index in [0.29, 0.717) is 27.3 Å². The minimum absolute atomic E-state index is 0.243. The maximum Gasteiger partial charge on any atom is 0.170 e. The molecule has 0 saturated carbocycles. The first kappa shape index (κ1) is 21.5. The van der Waals surface area contributed by atoms with Crippen LogP contribution in [0.4, 0.5) is 10.1 Å². The highest BCUT2D eigenvalue weighted by Crippen LogP contribution is 2.24. The molecule has 0 radical (unpaired) electrons. The molecule has 0 aliphatic rings. The quantitative estimate of drug-likeness (QED) is 0.404. The van der Waals surface area contributed by atoms with Crippen molar-refractivity contribution >= 4 is 46.2 Å². The Balaban J connectivity index is 1.57. The number of rotatable bonds is 7. The van der Waals surface area contributed by atoms with Gasteiger partial charge in [0.1, 0.15) is 5.82 Å². The van der Waals surface area contributed by atoms with Gasteiger partial charge in [0.15, 0.2) is 5.11 Å². The molecular weight excluding hydrogens is 434 g/mol. The summed E-state index contributed by atoms with van der Waals surface area (Å²) in [7, 11) is 0. The molecular formula is C19H21Cl2FN6S. The van der Waals surface area contributed by atoms with Gasteiger partial charge in [-0.1, -0.05) is 29.3 Å². The van der Waals surface area contributed by atoms with Crippen LogP contribution in [0.2, 0.25) is 10.0 Å². The van der Waals surface area contributed by atoms with E-state index in [1.165, 1.54) is 6.07 Å². The smallest absolute Gasteiger partial charge is 0.170 e. The molecule has 3 aromatic rings. The molecule has 2 N–H and O–H groups in total. The van der Waals surface area contributed by atoms with Crippen molar-refractivity contribution in [2.24, 2.45) is 0 Å². The van der Waals surface area contributed by atoms with Crippen molar-refractivity contribution in [2.75, 3.05) is 11.9 Å². The average Bonchev–Trinajstić information content (AvgIpc) is 3.20. The number of nitrogens with zero attached hydrogens (tertiary/aromatic N) is 4. The van der Waals surface area contributed by atoms with Crippen LogP contribution in [0.15, 0.2) is 30.6 Å². The van der Waals surface area contributed by atoms with Crippen LogP contribution in [0, 0.1) is 19.7 Å². The SMILES string of the molecule is Cc1nn(Cc2c(F)cccc2Cl)c(C)c1NC(=S)NCCCn1cc(Cl)cn1. The molecule has 0 aliphatic heterocycles. The van der Waals surface area contributed by atoms with Gasteiger partial charge >= 0.3 is 0 Å². The first-order valence-electron chi connectivity index (χ1n) is 9.05. The number of halogens is 3. The summed E-state index contributed by atoms with van der Waals surface area (Å²) in [6.07, 6.45) is 4.22. The number of nitrogens with one attached hydrogen (secondary N) is 2. The van der Waals surface area contributed by atoms with E-state index in [4.69, 9.17) is 35.4 Å². The summed E-state index contributed by atoms with van der Waals surface area (Å²) in [6, 6.07) is 4.64. The summed E-state index contributed by atoms with van der Waals surface area (Å²) in [5.74, 6) is -0.352. The molecule has 0 saturated heterocycles. The molecule has 0 spiro atoms. The Hall–Kier alpha value is -2.16. The van der Waals surface area contributed by atoms with E-state index in [-0.39, 0.29) is 12.4 Å². The molecule has 2 aromatic heterocycles. The second-order valence-corrected chi connectivity index (χ2v) is 7.81. The molecule has 6 nitrogen and oxygen atoms in total. The van der Waals surface area contributed by atoms with Crippen molar-refractivity contribution in [3.05, 3.63) is 63.4 Å². The topological polar surface area (TPSA) is 59.7 Å². The standard InChI is InChI=1S/C19H21Cl2FN6S/c1-12-18(25-19(29)23-7-4-8-27-10-14(20)9-24-27)13(2)28(26-12)11-15-16(21)5-3-6-17(15)22/h3,5-6,9-10H,4,7-8,11H2,1-2H3,(H2,23,25,29). The Bertz CT molecular complexity index is 996.